The number of hydrogen-bond donors (Lipinski definition) is 2. The smallest absolute Gasteiger partial charge is 0.296 e. The van der Waals surface area contributed by atoms with E-state index in [0.29, 0.717) is 5.56 Å². The van der Waals surface area contributed by atoms with Crippen LogP contribution in [0.15, 0.2) is 23.1 Å². The van der Waals surface area contributed by atoms with Gasteiger partial charge in [-0.25, -0.2) is 13.1 Å². The summed E-state index contributed by atoms with van der Waals surface area (Å²) in [6.45, 7) is 3.34. The summed E-state index contributed by atoms with van der Waals surface area (Å²) in [5.41, 5.74) is 0.455. The Labute approximate surface area is 145 Å². The van der Waals surface area contributed by atoms with Gasteiger partial charge in [0.25, 0.3) is 5.91 Å². The molecule has 0 aliphatic heterocycles. The summed E-state index contributed by atoms with van der Waals surface area (Å²) in [6.07, 6.45) is -4.66. The van der Waals surface area contributed by atoms with Gasteiger partial charge in [0.2, 0.25) is 20.2 Å². The molecule has 0 unspecified atom stereocenters. The van der Waals surface area contributed by atoms with Gasteiger partial charge < -0.3 is 0 Å². The summed E-state index contributed by atoms with van der Waals surface area (Å²) < 4.78 is 63.8. The molecule has 1 amide bonds. The van der Waals surface area contributed by atoms with E-state index in [1.165, 1.54) is 12.1 Å². The molecular formula is C13H13F3N4O3S2. The minimum absolute atomic E-state index is 0.00253. The summed E-state index contributed by atoms with van der Waals surface area (Å²) >= 11 is 0.177. The van der Waals surface area contributed by atoms with Gasteiger partial charge in [0.15, 0.2) is 0 Å². The first-order chi connectivity index (χ1) is 11.5. The Hall–Kier alpha value is -2.05. The van der Waals surface area contributed by atoms with Crippen molar-refractivity contribution in [1.29, 1.82) is 0 Å². The van der Waals surface area contributed by atoms with Crippen molar-refractivity contribution in [1.82, 2.24) is 14.9 Å². The van der Waals surface area contributed by atoms with Crippen molar-refractivity contribution in [2.45, 2.75) is 24.9 Å². The highest BCUT2D eigenvalue weighted by Crippen LogP contribution is 2.33. The third-order valence-corrected chi connectivity index (χ3v) is 5.41. The Morgan fingerprint density at radius 2 is 1.96 bits per heavy atom. The van der Waals surface area contributed by atoms with Gasteiger partial charge in [-0.15, -0.1) is 10.2 Å². The normalized spacial score (nSPS) is 12.2. The fraction of sp³-hybridized carbons (Fsp3) is 0.308. The number of hydrogen-bond acceptors (Lipinski definition) is 6. The molecule has 25 heavy (non-hydrogen) atoms. The molecular weight excluding hydrogens is 381 g/mol. The maximum absolute atomic E-state index is 12.5. The summed E-state index contributed by atoms with van der Waals surface area (Å²) in [5, 5.41) is 6.89. The first-order valence-electron chi connectivity index (χ1n) is 6.87. The van der Waals surface area contributed by atoms with Crippen LogP contribution in [0.4, 0.5) is 18.3 Å². The Kier molecular flexibility index (Phi) is 5.44. The van der Waals surface area contributed by atoms with Crippen molar-refractivity contribution in [3.63, 3.8) is 0 Å². The topological polar surface area (TPSA) is 101 Å². The van der Waals surface area contributed by atoms with E-state index in [0.717, 1.165) is 6.07 Å². The average Bonchev–Trinajstić information content (AvgIpc) is 2.96. The molecule has 136 valence electrons. The second-order valence-corrected chi connectivity index (χ2v) is 7.59. The zero-order chi connectivity index (χ0) is 18.8. The molecule has 0 bridgehead atoms. The second-order valence-electron chi connectivity index (χ2n) is 4.84. The number of carbonyl (C=O) groups excluding carboxylic acids is 1. The van der Waals surface area contributed by atoms with E-state index >= 15 is 0 Å². The average molecular weight is 394 g/mol. The Morgan fingerprint density at radius 1 is 1.28 bits per heavy atom. The molecule has 0 radical (unpaired) electrons. The fourth-order valence-corrected chi connectivity index (χ4v) is 3.51. The van der Waals surface area contributed by atoms with Gasteiger partial charge in [0.05, 0.1) is 4.90 Å². The molecule has 1 heterocycles. The molecule has 0 saturated carbocycles. The molecule has 0 saturated heterocycles. The number of sulfonamides is 1. The third-order valence-electron chi connectivity index (χ3n) is 2.99. The lowest BCUT2D eigenvalue weighted by molar-refractivity contribution is -0.138. The van der Waals surface area contributed by atoms with E-state index in [2.05, 4.69) is 20.2 Å². The second kappa shape index (κ2) is 7.06. The van der Waals surface area contributed by atoms with Crippen LogP contribution in [0, 0.1) is 6.92 Å². The Balaban J connectivity index is 2.29. The van der Waals surface area contributed by atoms with Crippen LogP contribution < -0.4 is 10.0 Å². The lowest BCUT2D eigenvalue weighted by Crippen LogP contribution is -2.24. The molecule has 0 aliphatic carbocycles. The van der Waals surface area contributed by atoms with Crippen LogP contribution in [-0.2, 0) is 16.2 Å². The minimum atomic E-state index is -4.66. The van der Waals surface area contributed by atoms with Crippen LogP contribution in [0.3, 0.4) is 0 Å². The highest BCUT2D eigenvalue weighted by atomic mass is 32.2. The van der Waals surface area contributed by atoms with Gasteiger partial charge in [-0.1, -0.05) is 24.3 Å². The van der Waals surface area contributed by atoms with Crippen molar-refractivity contribution in [3.05, 3.63) is 34.3 Å². The van der Waals surface area contributed by atoms with Crippen LogP contribution >= 0.6 is 11.3 Å². The van der Waals surface area contributed by atoms with E-state index in [9.17, 15) is 26.4 Å². The van der Waals surface area contributed by atoms with Crippen LogP contribution in [0.1, 0.15) is 27.9 Å². The van der Waals surface area contributed by atoms with Gasteiger partial charge >= 0.3 is 6.18 Å². The Bertz CT molecular complexity index is 894. The van der Waals surface area contributed by atoms with Gasteiger partial charge in [-0.3, -0.25) is 10.1 Å². The zero-order valence-corrected chi connectivity index (χ0v) is 14.6. The summed E-state index contributed by atoms with van der Waals surface area (Å²) in [4.78, 5) is 12.1. The molecule has 1 aromatic carbocycles. The number of halogens is 3. The molecule has 2 N–H and O–H groups in total. The number of rotatable bonds is 5. The quantitative estimate of drug-likeness (QED) is 0.811. The molecule has 12 heteroatoms. The van der Waals surface area contributed by atoms with Crippen molar-refractivity contribution in [2.24, 2.45) is 0 Å². The highest BCUT2D eigenvalue weighted by Gasteiger charge is 2.35. The SMILES string of the molecule is CCNS(=O)(=O)c1ccc(C)c(C(=O)Nc2nnc(C(F)(F)F)s2)c1. The number of aromatic nitrogens is 2. The number of nitrogens with zero attached hydrogens (tertiary/aromatic N) is 2. The van der Waals surface area contributed by atoms with Gasteiger partial charge in [-0.05, 0) is 24.6 Å². The third kappa shape index (κ3) is 4.52. The molecule has 1 aromatic heterocycles. The maximum atomic E-state index is 12.5. The molecule has 2 rings (SSSR count). The molecule has 2 aromatic rings. The van der Waals surface area contributed by atoms with Crippen molar-refractivity contribution >= 4 is 32.4 Å². The van der Waals surface area contributed by atoms with Crippen molar-refractivity contribution in [3.8, 4) is 0 Å². The molecule has 7 nitrogen and oxygen atoms in total. The van der Waals surface area contributed by atoms with E-state index in [1.807, 2.05) is 0 Å². The zero-order valence-electron chi connectivity index (χ0n) is 13.0. The lowest BCUT2D eigenvalue weighted by atomic mass is 10.1. The van der Waals surface area contributed by atoms with Crippen molar-refractivity contribution < 1.29 is 26.4 Å². The summed E-state index contributed by atoms with van der Waals surface area (Å²) in [6, 6.07) is 3.91. The first kappa shape index (κ1) is 19.3. The molecule has 0 spiro atoms. The number of anilines is 1. The van der Waals surface area contributed by atoms with Gasteiger partial charge in [0, 0.05) is 12.1 Å². The Morgan fingerprint density at radius 3 is 2.52 bits per heavy atom. The van der Waals surface area contributed by atoms with E-state index < -0.39 is 27.1 Å². The van der Waals surface area contributed by atoms with Crippen LogP contribution in [0.2, 0.25) is 0 Å². The van der Waals surface area contributed by atoms with E-state index in [1.54, 1.807) is 13.8 Å². The standard InChI is InChI=1S/C13H13F3N4O3S2/c1-3-17-25(22,23)8-5-4-7(2)9(6-8)10(21)18-12-20-19-11(24-12)13(14,15)16/h4-6,17H,3H2,1-2H3,(H,18,20,21). The van der Waals surface area contributed by atoms with Crippen LogP contribution in [0.5, 0.6) is 0 Å². The summed E-state index contributed by atoms with van der Waals surface area (Å²) in [5.74, 6) is -0.782. The monoisotopic (exact) mass is 394 g/mol. The van der Waals surface area contributed by atoms with Gasteiger partial charge in [0.1, 0.15) is 0 Å². The highest BCUT2D eigenvalue weighted by molar-refractivity contribution is 7.89. The van der Waals surface area contributed by atoms with E-state index in [4.69, 9.17) is 0 Å². The predicted molar refractivity (Wildman–Crippen MR) is 84.9 cm³/mol. The van der Waals surface area contributed by atoms with Crippen LogP contribution in [-0.4, -0.2) is 31.1 Å². The van der Waals surface area contributed by atoms with Gasteiger partial charge in [-0.2, -0.15) is 13.2 Å². The minimum Gasteiger partial charge on any atom is -0.296 e. The number of benzene rings is 1. The fourth-order valence-electron chi connectivity index (χ4n) is 1.84. The number of alkyl halides is 3. The number of carbonyl (C=O) groups is 1. The van der Waals surface area contributed by atoms with E-state index in [-0.39, 0.29) is 33.5 Å². The molecule has 0 atom stereocenters. The number of nitrogens with one attached hydrogen (secondary N) is 2. The number of aryl methyl sites for hydroxylation is 1. The predicted octanol–water partition coefficient (Wildman–Crippen LogP) is 2.42. The maximum Gasteiger partial charge on any atom is 0.445 e. The number of amides is 1. The lowest BCUT2D eigenvalue weighted by Gasteiger charge is -2.09. The summed E-state index contributed by atoms with van der Waals surface area (Å²) in [7, 11) is -3.78. The largest absolute Gasteiger partial charge is 0.445 e. The van der Waals surface area contributed by atoms with Crippen LogP contribution in [0.25, 0.3) is 0 Å². The first-order valence-corrected chi connectivity index (χ1v) is 9.17. The molecule has 0 fully saturated rings. The van der Waals surface area contributed by atoms with Crippen molar-refractivity contribution in [2.75, 3.05) is 11.9 Å². The molecule has 0 aliphatic rings.